The van der Waals surface area contributed by atoms with Crippen LogP contribution in [0, 0.1) is 5.82 Å². The van der Waals surface area contributed by atoms with Gasteiger partial charge >= 0.3 is 11.9 Å². The Bertz CT molecular complexity index is 1210. The Morgan fingerprint density at radius 1 is 0.775 bits per heavy atom. The molecule has 1 unspecified atom stereocenters. The van der Waals surface area contributed by atoms with Crippen molar-refractivity contribution in [1.82, 2.24) is 9.80 Å². The van der Waals surface area contributed by atoms with Crippen molar-refractivity contribution in [2.75, 3.05) is 45.9 Å². The molecule has 1 heterocycles. The molecule has 3 aromatic rings. The van der Waals surface area contributed by atoms with E-state index in [1.165, 1.54) is 17.7 Å². The molecule has 1 aliphatic rings. The maximum absolute atomic E-state index is 13.4. The van der Waals surface area contributed by atoms with Crippen molar-refractivity contribution in [2.24, 2.45) is 0 Å². The average molecular weight is 547 g/mol. The van der Waals surface area contributed by atoms with Crippen molar-refractivity contribution < 1.29 is 28.9 Å². The van der Waals surface area contributed by atoms with Crippen molar-refractivity contribution in [3.05, 3.63) is 126 Å². The van der Waals surface area contributed by atoms with Crippen molar-refractivity contribution in [1.29, 1.82) is 0 Å². The molecule has 40 heavy (non-hydrogen) atoms. The second kappa shape index (κ2) is 16.8. The number of aliphatic carboxylic acids is 2. The number of hydrogen-bond acceptors (Lipinski definition) is 5. The zero-order valence-corrected chi connectivity index (χ0v) is 22.3. The molecule has 0 radical (unpaired) electrons. The van der Waals surface area contributed by atoms with E-state index in [4.69, 9.17) is 14.9 Å². The number of carboxylic acids is 2. The number of halogens is 1. The Balaban J connectivity index is 0.000000482. The average Bonchev–Trinajstić information content (AvgIpc) is 2.97. The summed E-state index contributed by atoms with van der Waals surface area (Å²) in [6, 6.07) is 27.2. The van der Waals surface area contributed by atoms with E-state index in [-0.39, 0.29) is 11.9 Å². The normalized spacial score (nSPS) is 15.0. The van der Waals surface area contributed by atoms with Crippen LogP contribution in [0.1, 0.15) is 22.8 Å². The number of hydrogen-bond donors (Lipinski definition) is 2. The van der Waals surface area contributed by atoms with Gasteiger partial charge in [-0.2, -0.15) is 0 Å². The third-order valence-corrected chi connectivity index (χ3v) is 6.27. The van der Waals surface area contributed by atoms with E-state index in [2.05, 4.69) is 58.4 Å². The SMILES string of the molecule is Fc1ccc(C(OCCN2CCN(C/C=C/c3ccccc3)CC2)c2ccccc2)cc1.O=C(O)/C=C\C(=O)O. The predicted molar refractivity (Wildman–Crippen MR) is 153 cm³/mol. The lowest BCUT2D eigenvalue weighted by Gasteiger charge is -2.34. The summed E-state index contributed by atoms with van der Waals surface area (Å²) in [7, 11) is 0. The number of ether oxygens (including phenoxy) is 1. The molecule has 0 spiro atoms. The van der Waals surface area contributed by atoms with E-state index in [1.807, 2.05) is 36.4 Å². The maximum Gasteiger partial charge on any atom is 0.328 e. The number of benzene rings is 3. The fourth-order valence-corrected chi connectivity index (χ4v) is 4.19. The van der Waals surface area contributed by atoms with Crippen molar-refractivity contribution in [3.8, 4) is 0 Å². The van der Waals surface area contributed by atoms with Gasteiger partial charge in [-0.3, -0.25) is 9.80 Å². The van der Waals surface area contributed by atoms with Crippen LogP contribution in [0.3, 0.4) is 0 Å². The van der Waals surface area contributed by atoms with Crippen LogP contribution in [-0.4, -0.2) is 77.8 Å². The molecule has 4 rings (SSSR count). The molecule has 0 saturated carbocycles. The lowest BCUT2D eigenvalue weighted by atomic mass is 10.0. The molecule has 0 aliphatic carbocycles. The van der Waals surface area contributed by atoms with Crippen molar-refractivity contribution >= 4 is 18.0 Å². The molecule has 2 N–H and O–H groups in total. The highest BCUT2D eigenvalue weighted by molar-refractivity contribution is 5.89. The number of rotatable bonds is 11. The zero-order chi connectivity index (χ0) is 28.6. The summed E-state index contributed by atoms with van der Waals surface area (Å²) in [6.45, 7) is 6.77. The number of piperazine rings is 1. The highest BCUT2D eigenvalue weighted by atomic mass is 19.1. The van der Waals surface area contributed by atoms with Gasteiger partial charge in [-0.15, -0.1) is 0 Å². The molecule has 210 valence electrons. The number of carbonyl (C=O) groups is 2. The van der Waals surface area contributed by atoms with Crippen LogP contribution in [0.2, 0.25) is 0 Å². The molecule has 1 atom stereocenters. The first-order chi connectivity index (χ1) is 19.4. The molecule has 1 aliphatic heterocycles. The quantitative estimate of drug-likeness (QED) is 0.328. The molecule has 7 nitrogen and oxygen atoms in total. The molecule has 1 saturated heterocycles. The van der Waals surface area contributed by atoms with E-state index in [0.717, 1.165) is 50.4 Å². The van der Waals surface area contributed by atoms with E-state index >= 15 is 0 Å². The van der Waals surface area contributed by atoms with Crippen LogP contribution in [0.5, 0.6) is 0 Å². The van der Waals surface area contributed by atoms with Crippen LogP contribution in [0.4, 0.5) is 4.39 Å². The highest BCUT2D eigenvalue weighted by Crippen LogP contribution is 2.26. The van der Waals surface area contributed by atoms with Crippen LogP contribution in [-0.2, 0) is 14.3 Å². The number of carboxylic acid groups (broad SMARTS) is 2. The minimum absolute atomic E-state index is 0.179. The summed E-state index contributed by atoms with van der Waals surface area (Å²) < 4.78 is 19.7. The lowest BCUT2D eigenvalue weighted by molar-refractivity contribution is -0.134. The van der Waals surface area contributed by atoms with Gasteiger partial charge in [0.2, 0.25) is 0 Å². The van der Waals surface area contributed by atoms with Gasteiger partial charge in [0.05, 0.1) is 6.61 Å². The van der Waals surface area contributed by atoms with E-state index in [1.54, 1.807) is 0 Å². The Hall–Kier alpha value is -4.11. The van der Waals surface area contributed by atoms with Gasteiger partial charge in [-0.25, -0.2) is 14.0 Å². The van der Waals surface area contributed by atoms with Crippen LogP contribution >= 0.6 is 0 Å². The third-order valence-electron chi connectivity index (χ3n) is 6.27. The Morgan fingerprint density at radius 2 is 1.30 bits per heavy atom. The second-order valence-corrected chi connectivity index (χ2v) is 9.18. The van der Waals surface area contributed by atoms with Gasteiger partial charge in [-0.1, -0.05) is 84.9 Å². The summed E-state index contributed by atoms with van der Waals surface area (Å²) >= 11 is 0. The summed E-state index contributed by atoms with van der Waals surface area (Å²) in [5.41, 5.74) is 3.32. The summed E-state index contributed by atoms with van der Waals surface area (Å²) in [5.74, 6) is -2.74. The molecule has 0 bridgehead atoms. The standard InChI is InChI=1S/C28H31FN2O.C4H4O4/c29-27-15-13-26(14-16-27)28(25-11-5-2-6-12-25)32-23-22-31-20-18-30(19-21-31)17-7-10-24-8-3-1-4-9-24;5-3(6)1-2-4(7)8/h1-16,28H,17-23H2;1-2H,(H,5,6)(H,7,8)/b10-7+;2-1-. The molecular formula is C32H35FN2O5. The van der Waals surface area contributed by atoms with Gasteiger partial charge in [0.15, 0.2) is 0 Å². The molecule has 3 aromatic carbocycles. The topological polar surface area (TPSA) is 90.3 Å². The molecule has 0 amide bonds. The Kier molecular flexibility index (Phi) is 12.8. The summed E-state index contributed by atoms with van der Waals surface area (Å²) in [6.07, 6.45) is 5.38. The summed E-state index contributed by atoms with van der Waals surface area (Å²) in [5, 5.41) is 15.6. The summed E-state index contributed by atoms with van der Waals surface area (Å²) in [4.78, 5) is 24.1. The lowest BCUT2D eigenvalue weighted by Crippen LogP contribution is -2.47. The predicted octanol–water partition coefficient (Wildman–Crippen LogP) is 4.97. The van der Waals surface area contributed by atoms with Gasteiger partial charge < -0.3 is 14.9 Å². The van der Waals surface area contributed by atoms with Crippen LogP contribution in [0.15, 0.2) is 103 Å². The van der Waals surface area contributed by atoms with Gasteiger partial charge in [0.1, 0.15) is 11.9 Å². The largest absolute Gasteiger partial charge is 0.478 e. The second-order valence-electron chi connectivity index (χ2n) is 9.18. The van der Waals surface area contributed by atoms with Crippen LogP contribution < -0.4 is 0 Å². The molecular weight excluding hydrogens is 511 g/mol. The first-order valence-electron chi connectivity index (χ1n) is 13.1. The van der Waals surface area contributed by atoms with Gasteiger partial charge in [0, 0.05) is 51.4 Å². The fourth-order valence-electron chi connectivity index (χ4n) is 4.19. The monoisotopic (exact) mass is 546 g/mol. The first-order valence-corrected chi connectivity index (χ1v) is 13.1. The Morgan fingerprint density at radius 3 is 1.88 bits per heavy atom. The highest BCUT2D eigenvalue weighted by Gasteiger charge is 2.18. The minimum Gasteiger partial charge on any atom is -0.478 e. The molecule has 1 fully saturated rings. The van der Waals surface area contributed by atoms with Gasteiger partial charge in [-0.05, 0) is 28.8 Å². The smallest absolute Gasteiger partial charge is 0.328 e. The number of nitrogens with zero attached hydrogens (tertiary/aromatic N) is 2. The van der Waals surface area contributed by atoms with Crippen molar-refractivity contribution in [2.45, 2.75) is 6.10 Å². The van der Waals surface area contributed by atoms with Gasteiger partial charge in [0.25, 0.3) is 0 Å². The molecule has 0 aromatic heterocycles. The third kappa shape index (κ3) is 11.3. The first kappa shape index (κ1) is 30.4. The van der Waals surface area contributed by atoms with E-state index in [0.29, 0.717) is 18.8 Å². The maximum atomic E-state index is 13.4. The fraction of sp³-hybridized carbons (Fsp3) is 0.250. The molecule has 8 heteroatoms. The van der Waals surface area contributed by atoms with Crippen LogP contribution in [0.25, 0.3) is 6.08 Å². The zero-order valence-electron chi connectivity index (χ0n) is 22.3. The van der Waals surface area contributed by atoms with Crippen molar-refractivity contribution in [3.63, 3.8) is 0 Å². The van der Waals surface area contributed by atoms with E-state index < -0.39 is 11.9 Å². The van der Waals surface area contributed by atoms with E-state index in [9.17, 15) is 14.0 Å². The minimum atomic E-state index is -1.26. The Labute approximate surface area is 234 Å².